The molecule has 6 nitrogen and oxygen atoms in total. The normalized spacial score (nSPS) is 15.5. The fourth-order valence-electron chi connectivity index (χ4n) is 3.01. The predicted molar refractivity (Wildman–Crippen MR) is 106 cm³/mol. The smallest absolute Gasteiger partial charge is 0.269 e. The van der Waals surface area contributed by atoms with Gasteiger partial charge in [0.2, 0.25) is 0 Å². The molecule has 1 aliphatic rings. The van der Waals surface area contributed by atoms with Crippen molar-refractivity contribution in [2.24, 2.45) is 0 Å². The van der Waals surface area contributed by atoms with Crippen LogP contribution in [0.2, 0.25) is 0 Å². The van der Waals surface area contributed by atoms with Gasteiger partial charge in [-0.1, -0.05) is 11.3 Å². The number of rotatable bonds is 7. The monoisotopic (exact) mass is 389 g/mol. The van der Waals surface area contributed by atoms with Crippen LogP contribution in [0.4, 0.5) is 5.69 Å². The van der Waals surface area contributed by atoms with Crippen molar-refractivity contribution in [2.45, 2.75) is 23.0 Å². The molecular formula is C18H21N4O2S2+. The molecule has 1 aliphatic carbocycles. The molecule has 2 N–H and O–H groups in total. The summed E-state index contributed by atoms with van der Waals surface area (Å²) in [6.45, 7) is 0.639. The Kier molecular flexibility index (Phi) is 5.08. The van der Waals surface area contributed by atoms with Crippen LogP contribution in [0.1, 0.15) is 24.3 Å². The Morgan fingerprint density at radius 2 is 2.04 bits per heavy atom. The number of nitrogens with zero attached hydrogens (tertiary/aromatic N) is 3. The highest BCUT2D eigenvalue weighted by atomic mass is 32.2. The fraction of sp³-hybridized carbons (Fsp3) is 0.389. The number of anilines is 1. The Bertz CT molecular complexity index is 912. The molecule has 1 unspecified atom stereocenters. The summed E-state index contributed by atoms with van der Waals surface area (Å²) in [7, 11) is 3.43. The van der Waals surface area contributed by atoms with Gasteiger partial charge >= 0.3 is 0 Å². The highest BCUT2D eigenvalue weighted by molar-refractivity contribution is 7.94. The van der Waals surface area contributed by atoms with E-state index in [-0.39, 0.29) is 11.2 Å². The summed E-state index contributed by atoms with van der Waals surface area (Å²) in [5, 5.41) is 1.10. The number of hydrogen-bond acceptors (Lipinski definition) is 7. The molecule has 0 bridgehead atoms. The van der Waals surface area contributed by atoms with Crippen molar-refractivity contribution in [1.82, 2.24) is 15.0 Å². The van der Waals surface area contributed by atoms with Crippen molar-refractivity contribution in [3.05, 3.63) is 30.4 Å². The van der Waals surface area contributed by atoms with Crippen LogP contribution in [0.25, 0.3) is 21.5 Å². The Morgan fingerprint density at radius 1 is 1.27 bits per heavy atom. The molecule has 0 aliphatic heterocycles. The minimum atomic E-state index is -0.387. The second-order valence-corrected chi connectivity index (χ2v) is 9.29. The van der Waals surface area contributed by atoms with Gasteiger partial charge in [0.15, 0.2) is 16.9 Å². The average Bonchev–Trinajstić information content (AvgIpc) is 3.47. The molecule has 4 rings (SSSR count). The minimum absolute atomic E-state index is 0.387. The number of nitrogens with two attached hydrogens (primary N) is 1. The Hall–Kier alpha value is -1.74. The van der Waals surface area contributed by atoms with Crippen LogP contribution in [0.3, 0.4) is 0 Å². The second-order valence-electron chi connectivity index (χ2n) is 6.19. The van der Waals surface area contributed by atoms with E-state index in [1.54, 1.807) is 38.0 Å². The molecule has 26 heavy (non-hydrogen) atoms. The van der Waals surface area contributed by atoms with Crippen LogP contribution >= 0.6 is 11.3 Å². The zero-order valence-electron chi connectivity index (χ0n) is 14.8. The predicted octanol–water partition coefficient (Wildman–Crippen LogP) is 3.40. The van der Waals surface area contributed by atoms with E-state index in [1.807, 2.05) is 0 Å². The molecule has 3 aromatic heterocycles. The number of ether oxygens (including phenoxy) is 1. The minimum Gasteiger partial charge on any atom is -0.393 e. The van der Waals surface area contributed by atoms with Gasteiger partial charge in [0, 0.05) is 30.5 Å². The van der Waals surface area contributed by atoms with Crippen LogP contribution in [0.5, 0.6) is 0 Å². The van der Waals surface area contributed by atoms with E-state index >= 15 is 0 Å². The molecule has 0 saturated heterocycles. The maximum absolute atomic E-state index is 6.57. The van der Waals surface area contributed by atoms with Crippen molar-refractivity contribution in [3.8, 4) is 11.3 Å². The third-order valence-corrected chi connectivity index (χ3v) is 7.72. The number of fused-ring (bicyclic) bond motifs is 1. The van der Waals surface area contributed by atoms with E-state index in [1.165, 1.54) is 24.7 Å². The zero-order chi connectivity index (χ0) is 18.1. The van der Waals surface area contributed by atoms with Gasteiger partial charge in [-0.2, -0.15) is 4.18 Å². The van der Waals surface area contributed by atoms with Gasteiger partial charge in [-0.3, -0.25) is 0 Å². The maximum Gasteiger partial charge on any atom is 0.269 e. The lowest BCUT2D eigenvalue weighted by atomic mass is 10.0. The fourth-order valence-corrected chi connectivity index (χ4v) is 6.10. The molecule has 0 amide bonds. The quantitative estimate of drug-likeness (QED) is 0.624. The SMILES string of the molecule is COCC[S+](OC)c1sc2nc(-c3cncnc3)cc(C3CC3)c2c1N. The summed E-state index contributed by atoms with van der Waals surface area (Å²) >= 11 is 1.24. The van der Waals surface area contributed by atoms with E-state index in [0.717, 1.165) is 37.1 Å². The third-order valence-electron chi connectivity index (χ3n) is 4.45. The standard InChI is InChI=1S/C18H21N4O2S2/c1-23-5-6-26(24-2)18-16(19)15-13(11-3-4-11)7-14(22-17(15)25-18)12-8-20-10-21-9-12/h7-11H,3-6,19H2,1-2H3/q+1. The van der Waals surface area contributed by atoms with Gasteiger partial charge in [-0.15, -0.1) is 0 Å². The van der Waals surface area contributed by atoms with Crippen molar-refractivity contribution in [2.75, 3.05) is 32.3 Å². The van der Waals surface area contributed by atoms with Gasteiger partial charge in [0.25, 0.3) is 4.21 Å². The first-order valence-electron chi connectivity index (χ1n) is 8.45. The van der Waals surface area contributed by atoms with Gasteiger partial charge in [-0.25, -0.2) is 15.0 Å². The van der Waals surface area contributed by atoms with Crippen LogP contribution in [0.15, 0.2) is 29.0 Å². The summed E-state index contributed by atoms with van der Waals surface area (Å²) in [4.78, 5) is 14.1. The number of thiophene rings is 1. The van der Waals surface area contributed by atoms with Crippen LogP contribution < -0.4 is 5.73 Å². The molecule has 1 atom stereocenters. The molecule has 0 spiro atoms. The number of nitrogen functional groups attached to an aromatic ring is 1. The van der Waals surface area contributed by atoms with Crippen molar-refractivity contribution in [3.63, 3.8) is 0 Å². The lowest BCUT2D eigenvalue weighted by Crippen LogP contribution is -2.14. The van der Waals surface area contributed by atoms with Crippen LogP contribution in [-0.4, -0.2) is 41.5 Å². The first kappa shape index (κ1) is 17.7. The Labute approximate surface area is 159 Å². The summed E-state index contributed by atoms with van der Waals surface area (Å²) in [6, 6.07) is 2.16. The molecule has 1 saturated carbocycles. The molecule has 0 radical (unpaired) electrons. The van der Waals surface area contributed by atoms with Crippen molar-refractivity contribution in [1.29, 1.82) is 0 Å². The summed E-state index contributed by atoms with van der Waals surface area (Å²) < 4.78 is 12.0. The van der Waals surface area contributed by atoms with Gasteiger partial charge in [0.05, 0.1) is 19.4 Å². The molecule has 1 fully saturated rings. The molecule has 0 aromatic carbocycles. The number of hydrogen-bond donors (Lipinski definition) is 1. The number of methoxy groups -OCH3 is 1. The topological polar surface area (TPSA) is 83.2 Å². The lowest BCUT2D eigenvalue weighted by Gasteiger charge is -2.06. The van der Waals surface area contributed by atoms with Gasteiger partial charge in [0.1, 0.15) is 16.8 Å². The maximum atomic E-state index is 6.57. The van der Waals surface area contributed by atoms with E-state index in [2.05, 4.69) is 16.0 Å². The van der Waals surface area contributed by atoms with Crippen LogP contribution in [0, 0.1) is 0 Å². The van der Waals surface area contributed by atoms with E-state index in [9.17, 15) is 0 Å². The summed E-state index contributed by atoms with van der Waals surface area (Å²) in [6.07, 6.45) is 7.54. The van der Waals surface area contributed by atoms with Gasteiger partial charge in [-0.05, 0) is 30.4 Å². The van der Waals surface area contributed by atoms with E-state index in [4.69, 9.17) is 19.6 Å². The Balaban J connectivity index is 1.85. The molecule has 8 heteroatoms. The first-order chi connectivity index (χ1) is 12.7. The molecule has 136 valence electrons. The van der Waals surface area contributed by atoms with E-state index in [0.29, 0.717) is 12.5 Å². The first-order valence-corrected chi connectivity index (χ1v) is 10.6. The van der Waals surface area contributed by atoms with E-state index < -0.39 is 0 Å². The van der Waals surface area contributed by atoms with Crippen molar-refractivity contribution < 1.29 is 8.92 Å². The third kappa shape index (κ3) is 3.29. The lowest BCUT2D eigenvalue weighted by molar-refractivity contribution is 0.216. The second kappa shape index (κ2) is 7.48. The zero-order valence-corrected chi connectivity index (χ0v) is 16.4. The largest absolute Gasteiger partial charge is 0.393 e. The number of aromatic nitrogens is 3. The highest BCUT2D eigenvalue weighted by Crippen LogP contribution is 2.49. The van der Waals surface area contributed by atoms with Crippen LogP contribution in [-0.2, 0) is 20.1 Å². The Morgan fingerprint density at radius 3 is 2.69 bits per heavy atom. The number of pyridine rings is 1. The molecule has 3 aromatic rings. The van der Waals surface area contributed by atoms with Crippen molar-refractivity contribution >= 4 is 38.4 Å². The summed E-state index contributed by atoms with van der Waals surface area (Å²) in [5.41, 5.74) is 10.5. The molecular weight excluding hydrogens is 368 g/mol. The molecule has 3 heterocycles. The average molecular weight is 390 g/mol. The highest BCUT2D eigenvalue weighted by Gasteiger charge is 2.34. The van der Waals surface area contributed by atoms with Gasteiger partial charge < -0.3 is 10.5 Å². The summed E-state index contributed by atoms with van der Waals surface area (Å²) in [5.74, 6) is 1.36.